The molecule has 0 spiro atoms. The molecule has 6 nitrogen and oxygen atoms in total. The molecule has 6 rings (SSSR count). The van der Waals surface area contributed by atoms with Gasteiger partial charge in [0.1, 0.15) is 0 Å². The van der Waals surface area contributed by atoms with Gasteiger partial charge in [-0.15, -0.1) is 0 Å². The Hall–Kier alpha value is -3.74. The van der Waals surface area contributed by atoms with Crippen LogP contribution < -0.4 is 0 Å². The summed E-state index contributed by atoms with van der Waals surface area (Å²) in [7, 11) is 0. The highest BCUT2D eigenvalue weighted by Crippen LogP contribution is 2.42. The van der Waals surface area contributed by atoms with Gasteiger partial charge in [0.25, 0.3) is 0 Å². The molecule has 1 aliphatic heterocycles. The Labute approximate surface area is 197 Å². The van der Waals surface area contributed by atoms with Crippen LogP contribution in [0.5, 0.6) is 0 Å². The fourth-order valence-corrected chi connectivity index (χ4v) is 5.27. The number of nitrogens with zero attached hydrogens (tertiary/aromatic N) is 4. The van der Waals surface area contributed by atoms with Crippen molar-refractivity contribution >= 4 is 22.6 Å². The highest BCUT2D eigenvalue weighted by atomic mass is 16.2. The van der Waals surface area contributed by atoms with Crippen molar-refractivity contribution in [2.75, 3.05) is 26.2 Å². The third-order valence-electron chi connectivity index (χ3n) is 6.99. The molecule has 0 atom stereocenters. The van der Waals surface area contributed by atoms with Gasteiger partial charge in [0.2, 0.25) is 0 Å². The van der Waals surface area contributed by atoms with Gasteiger partial charge >= 0.3 is 0 Å². The number of carbonyl (C=O) groups is 2. The maximum Gasteiger partial charge on any atom is 0.198 e. The third kappa shape index (κ3) is 3.18. The zero-order valence-corrected chi connectivity index (χ0v) is 18.7. The molecular formula is C28H24N4O2. The largest absolute Gasteiger partial charge is 0.297 e. The van der Waals surface area contributed by atoms with Crippen molar-refractivity contribution in [2.45, 2.75) is 12.1 Å². The summed E-state index contributed by atoms with van der Waals surface area (Å²) in [6.45, 7) is 3.54. The van der Waals surface area contributed by atoms with Crippen molar-refractivity contribution in [3.63, 3.8) is 0 Å². The SMILES string of the molecule is O=C1c2ccccc2C(=O)C1(c1cnc2ccccc2n1)N1CCN(Cc2ccccc2)CC1. The number of para-hydroxylation sites is 2. The van der Waals surface area contributed by atoms with Gasteiger partial charge in [0, 0.05) is 43.9 Å². The second-order valence-electron chi connectivity index (χ2n) is 8.91. The molecule has 0 saturated carbocycles. The molecular weight excluding hydrogens is 424 g/mol. The van der Waals surface area contributed by atoms with E-state index in [1.165, 1.54) is 5.56 Å². The fraction of sp³-hybridized carbons (Fsp3) is 0.214. The average molecular weight is 449 g/mol. The molecule has 2 heterocycles. The summed E-state index contributed by atoms with van der Waals surface area (Å²) in [6, 6.07) is 25.0. The van der Waals surface area contributed by atoms with E-state index in [0.29, 0.717) is 35.4 Å². The van der Waals surface area contributed by atoms with Gasteiger partial charge < -0.3 is 0 Å². The van der Waals surface area contributed by atoms with Crippen LogP contribution in [0.15, 0.2) is 85.1 Å². The predicted octanol–water partition coefficient (Wildman–Crippen LogP) is 3.72. The number of piperazine rings is 1. The molecule has 0 radical (unpaired) electrons. The number of hydrogen-bond acceptors (Lipinski definition) is 6. The second-order valence-corrected chi connectivity index (χ2v) is 8.91. The highest BCUT2D eigenvalue weighted by molar-refractivity contribution is 6.32. The molecule has 2 aliphatic rings. The number of Topliss-reactive ketones (excluding diaryl/α,β-unsaturated/α-hetero) is 2. The van der Waals surface area contributed by atoms with Crippen LogP contribution in [0.4, 0.5) is 0 Å². The maximum atomic E-state index is 14.0. The smallest absolute Gasteiger partial charge is 0.198 e. The van der Waals surface area contributed by atoms with Crippen molar-refractivity contribution < 1.29 is 9.59 Å². The van der Waals surface area contributed by atoms with E-state index in [1.54, 1.807) is 18.3 Å². The molecule has 3 aromatic carbocycles. The minimum absolute atomic E-state index is 0.200. The fourth-order valence-electron chi connectivity index (χ4n) is 5.27. The number of ketones is 2. The van der Waals surface area contributed by atoms with Crippen LogP contribution in [-0.4, -0.2) is 57.5 Å². The van der Waals surface area contributed by atoms with Crippen molar-refractivity contribution in [1.29, 1.82) is 0 Å². The van der Waals surface area contributed by atoms with E-state index in [-0.39, 0.29) is 11.6 Å². The molecule has 6 heteroatoms. The van der Waals surface area contributed by atoms with Crippen LogP contribution in [0.25, 0.3) is 11.0 Å². The minimum Gasteiger partial charge on any atom is -0.297 e. The van der Waals surface area contributed by atoms with Crippen LogP contribution in [0.1, 0.15) is 32.0 Å². The lowest BCUT2D eigenvalue weighted by molar-refractivity contribution is 0.0266. The molecule has 0 amide bonds. The summed E-state index contributed by atoms with van der Waals surface area (Å²) in [6.07, 6.45) is 1.61. The molecule has 1 aliphatic carbocycles. The van der Waals surface area contributed by atoms with Crippen molar-refractivity contribution in [1.82, 2.24) is 19.8 Å². The van der Waals surface area contributed by atoms with Crippen LogP contribution >= 0.6 is 0 Å². The van der Waals surface area contributed by atoms with Gasteiger partial charge in [-0.2, -0.15) is 0 Å². The molecule has 1 saturated heterocycles. The Morgan fingerprint density at radius 3 is 1.97 bits per heavy atom. The third-order valence-corrected chi connectivity index (χ3v) is 6.99. The van der Waals surface area contributed by atoms with Gasteiger partial charge in [-0.3, -0.25) is 24.4 Å². The van der Waals surface area contributed by atoms with Gasteiger partial charge in [-0.1, -0.05) is 66.7 Å². The second kappa shape index (κ2) is 8.24. The van der Waals surface area contributed by atoms with Gasteiger partial charge in [0.15, 0.2) is 17.1 Å². The van der Waals surface area contributed by atoms with Crippen LogP contribution in [0.2, 0.25) is 0 Å². The Morgan fingerprint density at radius 1 is 0.706 bits per heavy atom. The standard InChI is InChI=1S/C28H24N4O2/c33-26-21-10-4-5-11-22(21)27(34)28(26,25-18-29-23-12-6-7-13-24(23)30-25)32-16-14-31(15-17-32)19-20-8-2-1-3-9-20/h1-13,18H,14-17,19H2. The van der Waals surface area contributed by atoms with Gasteiger partial charge in [-0.05, 0) is 17.7 Å². The van der Waals surface area contributed by atoms with Crippen molar-refractivity contribution in [3.05, 3.63) is 107 Å². The number of benzene rings is 3. The highest BCUT2D eigenvalue weighted by Gasteiger charge is 2.59. The summed E-state index contributed by atoms with van der Waals surface area (Å²) >= 11 is 0. The lowest BCUT2D eigenvalue weighted by Crippen LogP contribution is -2.60. The van der Waals surface area contributed by atoms with Gasteiger partial charge in [-0.25, -0.2) is 4.98 Å². The summed E-state index contributed by atoms with van der Waals surface area (Å²) < 4.78 is 0. The van der Waals surface area contributed by atoms with Crippen LogP contribution in [0.3, 0.4) is 0 Å². The first-order chi connectivity index (χ1) is 16.7. The van der Waals surface area contributed by atoms with Crippen LogP contribution in [0, 0.1) is 0 Å². The number of fused-ring (bicyclic) bond motifs is 2. The Kier molecular flexibility index (Phi) is 5.05. The quantitative estimate of drug-likeness (QED) is 0.444. The zero-order valence-electron chi connectivity index (χ0n) is 18.7. The molecule has 34 heavy (non-hydrogen) atoms. The normalized spacial score (nSPS) is 18.4. The molecule has 0 N–H and O–H groups in total. The van der Waals surface area contributed by atoms with E-state index in [2.05, 4.69) is 22.0 Å². The molecule has 0 bridgehead atoms. The van der Waals surface area contributed by atoms with Crippen molar-refractivity contribution in [3.8, 4) is 0 Å². The number of rotatable bonds is 4. The summed E-state index contributed by atoms with van der Waals surface area (Å²) in [4.78, 5) is 41.8. The maximum absolute atomic E-state index is 14.0. The topological polar surface area (TPSA) is 66.4 Å². The Balaban J connectivity index is 1.39. The lowest BCUT2D eigenvalue weighted by atomic mass is 9.86. The predicted molar refractivity (Wildman–Crippen MR) is 130 cm³/mol. The Bertz CT molecular complexity index is 1360. The zero-order chi connectivity index (χ0) is 23.1. The molecule has 168 valence electrons. The molecule has 0 unspecified atom stereocenters. The first-order valence-corrected chi connectivity index (χ1v) is 11.6. The molecule has 4 aromatic rings. The summed E-state index contributed by atoms with van der Waals surface area (Å²) in [5, 5.41) is 0. The number of carbonyl (C=O) groups excluding carboxylic acids is 2. The minimum atomic E-state index is -1.47. The molecule has 1 fully saturated rings. The summed E-state index contributed by atoms with van der Waals surface area (Å²) in [5.41, 5.74) is 2.55. The van der Waals surface area contributed by atoms with E-state index in [9.17, 15) is 9.59 Å². The van der Waals surface area contributed by atoms with Crippen molar-refractivity contribution in [2.24, 2.45) is 0 Å². The first kappa shape index (κ1) is 20.8. The Morgan fingerprint density at radius 2 is 1.29 bits per heavy atom. The van der Waals surface area contributed by atoms with E-state index < -0.39 is 5.54 Å². The van der Waals surface area contributed by atoms with E-state index in [1.807, 2.05) is 59.5 Å². The average Bonchev–Trinajstić information content (AvgIpc) is 3.12. The summed E-state index contributed by atoms with van der Waals surface area (Å²) in [5.74, 6) is -0.400. The van der Waals surface area contributed by atoms with E-state index >= 15 is 0 Å². The van der Waals surface area contributed by atoms with Gasteiger partial charge in [0.05, 0.1) is 22.9 Å². The molecule has 1 aromatic heterocycles. The number of aromatic nitrogens is 2. The van der Waals surface area contributed by atoms with E-state index in [0.717, 1.165) is 25.2 Å². The first-order valence-electron chi connectivity index (χ1n) is 11.6. The number of hydrogen-bond donors (Lipinski definition) is 0. The van der Waals surface area contributed by atoms with Crippen LogP contribution in [-0.2, 0) is 12.1 Å². The lowest BCUT2D eigenvalue weighted by Gasteiger charge is -2.43. The monoisotopic (exact) mass is 448 g/mol. The van der Waals surface area contributed by atoms with E-state index in [4.69, 9.17) is 4.98 Å².